The highest BCUT2D eigenvalue weighted by Gasteiger charge is 2.24. The summed E-state index contributed by atoms with van der Waals surface area (Å²) in [5, 5.41) is 26.2. The number of hydrogen-bond donors (Lipinski definition) is 3. The first kappa shape index (κ1) is 28.1. The number of hydrogen-bond acceptors (Lipinski definition) is 10. The number of amides is 1. The second-order valence-corrected chi connectivity index (χ2v) is 9.37. The van der Waals surface area contributed by atoms with E-state index in [0.717, 1.165) is 6.07 Å². The summed E-state index contributed by atoms with van der Waals surface area (Å²) in [5.74, 6) is -0.319. The summed E-state index contributed by atoms with van der Waals surface area (Å²) in [6.45, 7) is 11.2. The number of nitrogens with one attached hydrogen (secondary N) is 3. The van der Waals surface area contributed by atoms with Gasteiger partial charge in [-0.2, -0.15) is 5.26 Å². The molecule has 12 nitrogen and oxygen atoms in total. The van der Waals surface area contributed by atoms with E-state index in [2.05, 4.69) is 36.2 Å². The molecule has 3 rings (SSSR count). The van der Waals surface area contributed by atoms with E-state index in [0.29, 0.717) is 30.3 Å². The highest BCUT2D eigenvalue weighted by atomic mass is 19.1. The molecule has 0 aliphatic rings. The summed E-state index contributed by atoms with van der Waals surface area (Å²) in [5.41, 5.74) is 0.329. The van der Waals surface area contributed by atoms with Crippen LogP contribution in [-0.4, -0.2) is 55.3 Å². The molecule has 0 saturated heterocycles. The summed E-state index contributed by atoms with van der Waals surface area (Å²) < 4.78 is 27.3. The zero-order chi connectivity index (χ0) is 27.9. The first-order valence-electron chi connectivity index (χ1n) is 12.2. The van der Waals surface area contributed by atoms with Gasteiger partial charge in [0.05, 0.1) is 36.4 Å². The molecule has 0 spiro atoms. The van der Waals surface area contributed by atoms with Gasteiger partial charge in [0, 0.05) is 12.1 Å². The van der Waals surface area contributed by atoms with Crippen LogP contribution in [0.3, 0.4) is 0 Å². The minimum Gasteiger partial charge on any atom is -0.476 e. The summed E-state index contributed by atoms with van der Waals surface area (Å²) in [4.78, 5) is 20.9. The number of carbonyl (C=O) groups is 1. The number of alkyl carbamates (subject to hydrolysis) is 1. The van der Waals surface area contributed by atoms with Crippen molar-refractivity contribution in [2.24, 2.45) is 0 Å². The zero-order valence-corrected chi connectivity index (χ0v) is 22.2. The van der Waals surface area contributed by atoms with Crippen molar-refractivity contribution in [3.8, 4) is 17.6 Å². The van der Waals surface area contributed by atoms with Crippen molar-refractivity contribution in [3.05, 3.63) is 42.1 Å². The van der Waals surface area contributed by atoms with Gasteiger partial charge in [-0.15, -0.1) is 5.10 Å². The molecule has 2 atom stereocenters. The molecule has 3 aromatic rings. The molecule has 0 unspecified atom stereocenters. The first-order valence-corrected chi connectivity index (χ1v) is 12.2. The third-order valence-electron chi connectivity index (χ3n) is 5.25. The maximum absolute atomic E-state index is 14.9. The van der Waals surface area contributed by atoms with Crippen LogP contribution in [0, 0.1) is 17.1 Å². The molecule has 0 saturated carbocycles. The molecule has 38 heavy (non-hydrogen) atoms. The first-order chi connectivity index (χ1) is 18.0. The lowest BCUT2D eigenvalue weighted by molar-refractivity contribution is 0.0503. The molecular formula is C25H32FN9O3. The Morgan fingerprint density at radius 1 is 1.26 bits per heavy atom. The fourth-order valence-corrected chi connectivity index (χ4v) is 3.52. The Bertz CT molecular complexity index is 1290. The Balaban J connectivity index is 1.86. The lowest BCUT2D eigenvalue weighted by atomic mass is 10.1. The van der Waals surface area contributed by atoms with E-state index in [1.165, 1.54) is 17.1 Å². The third-order valence-corrected chi connectivity index (χ3v) is 5.25. The number of anilines is 3. The molecule has 0 aliphatic carbocycles. The second kappa shape index (κ2) is 12.2. The van der Waals surface area contributed by atoms with Crippen LogP contribution in [0.1, 0.15) is 53.5 Å². The molecular weight excluding hydrogens is 493 g/mol. The van der Waals surface area contributed by atoms with Crippen LogP contribution in [0.5, 0.6) is 5.88 Å². The van der Waals surface area contributed by atoms with Crippen LogP contribution in [0.25, 0.3) is 5.69 Å². The summed E-state index contributed by atoms with van der Waals surface area (Å²) in [7, 11) is 0. The number of nitrogens with zero attached hydrogens (tertiary/aromatic N) is 6. The van der Waals surface area contributed by atoms with Gasteiger partial charge in [-0.05, 0) is 53.2 Å². The number of carbonyl (C=O) groups excluding carboxylic acids is 1. The minimum atomic E-state index is -0.705. The molecule has 1 amide bonds. The third kappa shape index (κ3) is 7.28. The highest BCUT2D eigenvalue weighted by molar-refractivity contribution is 5.69. The molecule has 0 radical (unpaired) electrons. The Hall–Kier alpha value is -4.47. The van der Waals surface area contributed by atoms with Crippen LogP contribution in [0.4, 0.5) is 26.5 Å². The van der Waals surface area contributed by atoms with E-state index in [9.17, 15) is 14.4 Å². The second-order valence-electron chi connectivity index (χ2n) is 9.37. The van der Waals surface area contributed by atoms with Crippen molar-refractivity contribution in [2.45, 2.75) is 65.6 Å². The quantitative estimate of drug-likeness (QED) is 0.349. The van der Waals surface area contributed by atoms with Crippen LogP contribution >= 0.6 is 0 Å². The Morgan fingerprint density at radius 3 is 2.63 bits per heavy atom. The van der Waals surface area contributed by atoms with Gasteiger partial charge in [-0.25, -0.2) is 23.8 Å². The maximum Gasteiger partial charge on any atom is 0.407 e. The number of aromatic nitrogens is 5. The Kier molecular flexibility index (Phi) is 9.01. The molecule has 0 aliphatic heterocycles. The molecule has 0 bridgehead atoms. The van der Waals surface area contributed by atoms with Crippen molar-refractivity contribution in [1.82, 2.24) is 30.3 Å². The van der Waals surface area contributed by atoms with Gasteiger partial charge in [0.2, 0.25) is 5.88 Å². The van der Waals surface area contributed by atoms with Crippen molar-refractivity contribution >= 4 is 23.4 Å². The molecule has 3 aromatic heterocycles. The summed E-state index contributed by atoms with van der Waals surface area (Å²) in [6.07, 6.45) is 4.63. The van der Waals surface area contributed by atoms with E-state index >= 15 is 0 Å². The monoisotopic (exact) mass is 525 g/mol. The molecule has 0 fully saturated rings. The van der Waals surface area contributed by atoms with E-state index in [1.807, 2.05) is 19.9 Å². The van der Waals surface area contributed by atoms with Crippen LogP contribution in [0.2, 0.25) is 0 Å². The average Bonchev–Trinajstić information content (AvgIpc) is 3.38. The predicted molar refractivity (Wildman–Crippen MR) is 139 cm³/mol. The van der Waals surface area contributed by atoms with Crippen LogP contribution < -0.4 is 20.7 Å². The summed E-state index contributed by atoms with van der Waals surface area (Å²) >= 11 is 0. The van der Waals surface area contributed by atoms with Gasteiger partial charge in [-0.3, -0.25) is 0 Å². The number of ether oxygens (including phenoxy) is 2. The Labute approximate surface area is 220 Å². The lowest BCUT2D eigenvalue weighted by Gasteiger charge is -2.27. The van der Waals surface area contributed by atoms with Crippen molar-refractivity contribution in [1.29, 1.82) is 5.26 Å². The minimum absolute atomic E-state index is 0.00258. The Morgan fingerprint density at radius 2 is 2.03 bits per heavy atom. The standard InChI is InChI=1S/C25H32FN9O3/c1-7-19(15(3)30-24(36)38-25(4,5)6)32-22-18(26)11-16(13-27)21(33-22)31-17-12-20(35-10-9-29-34-35)23(28-14-17)37-8-2/h9-12,14-15,19H,7-8H2,1-6H3,(H,30,36)(H2,31,32,33)/t15-,19+/m0/s1. The smallest absolute Gasteiger partial charge is 0.407 e. The maximum atomic E-state index is 14.9. The van der Waals surface area contributed by atoms with E-state index in [-0.39, 0.29) is 23.2 Å². The number of halogens is 1. The normalized spacial score (nSPS) is 12.7. The number of pyridine rings is 2. The molecule has 3 heterocycles. The van der Waals surface area contributed by atoms with Gasteiger partial charge >= 0.3 is 6.09 Å². The van der Waals surface area contributed by atoms with Gasteiger partial charge in [0.1, 0.15) is 17.4 Å². The van der Waals surface area contributed by atoms with E-state index in [1.54, 1.807) is 40.0 Å². The summed E-state index contributed by atoms with van der Waals surface area (Å²) in [6, 6.07) is 3.96. The zero-order valence-electron chi connectivity index (χ0n) is 22.2. The largest absolute Gasteiger partial charge is 0.476 e. The fraction of sp³-hybridized carbons (Fsp3) is 0.440. The molecule has 0 aromatic carbocycles. The van der Waals surface area contributed by atoms with E-state index < -0.39 is 23.6 Å². The van der Waals surface area contributed by atoms with Crippen LogP contribution in [-0.2, 0) is 4.74 Å². The van der Waals surface area contributed by atoms with Gasteiger partial charge in [0.25, 0.3) is 0 Å². The fourth-order valence-electron chi connectivity index (χ4n) is 3.52. The SMILES string of the molecule is CCOc1ncc(Nc2nc(N[C@H](CC)[C@H](C)NC(=O)OC(C)(C)C)c(F)cc2C#N)cc1-n1ccnn1. The van der Waals surface area contributed by atoms with Crippen molar-refractivity contribution in [3.63, 3.8) is 0 Å². The highest BCUT2D eigenvalue weighted by Crippen LogP contribution is 2.28. The van der Waals surface area contributed by atoms with Gasteiger partial charge < -0.3 is 25.4 Å². The topological polar surface area (TPSA) is 152 Å². The lowest BCUT2D eigenvalue weighted by Crippen LogP contribution is -2.46. The molecule has 202 valence electrons. The number of nitriles is 1. The van der Waals surface area contributed by atoms with Crippen molar-refractivity contribution in [2.75, 3.05) is 17.2 Å². The predicted octanol–water partition coefficient (Wildman–Crippen LogP) is 4.31. The molecule has 3 N–H and O–H groups in total. The van der Waals surface area contributed by atoms with E-state index in [4.69, 9.17) is 9.47 Å². The number of rotatable bonds is 10. The van der Waals surface area contributed by atoms with Crippen molar-refractivity contribution < 1.29 is 18.7 Å². The van der Waals surface area contributed by atoms with Gasteiger partial charge in [0.15, 0.2) is 17.5 Å². The molecule has 13 heteroatoms. The average molecular weight is 526 g/mol. The van der Waals surface area contributed by atoms with Gasteiger partial charge in [-0.1, -0.05) is 12.1 Å². The van der Waals surface area contributed by atoms with Crippen LogP contribution in [0.15, 0.2) is 30.7 Å².